The van der Waals surface area contributed by atoms with Gasteiger partial charge >= 0.3 is 0 Å². The van der Waals surface area contributed by atoms with Crippen molar-refractivity contribution in [3.8, 4) is 5.75 Å². The average molecular weight is 300 g/mol. The zero-order valence-electron chi connectivity index (χ0n) is 13.1. The molecule has 5 nitrogen and oxygen atoms in total. The SMILES string of the molecule is COc1ccc2cc(C(=O)N3CCOC(C)C3)c(C)nc2c1. The molecule has 1 aromatic heterocycles. The zero-order chi connectivity index (χ0) is 15.7. The van der Waals surface area contributed by atoms with Crippen LogP contribution in [0.4, 0.5) is 0 Å². The van der Waals surface area contributed by atoms with Crippen LogP contribution in [0.1, 0.15) is 23.0 Å². The summed E-state index contributed by atoms with van der Waals surface area (Å²) in [7, 11) is 1.63. The van der Waals surface area contributed by atoms with Gasteiger partial charge in [-0.3, -0.25) is 9.78 Å². The number of pyridine rings is 1. The van der Waals surface area contributed by atoms with E-state index in [1.165, 1.54) is 0 Å². The third-order valence-corrected chi connectivity index (χ3v) is 3.97. The van der Waals surface area contributed by atoms with Crippen molar-refractivity contribution in [1.82, 2.24) is 9.88 Å². The van der Waals surface area contributed by atoms with Crippen LogP contribution < -0.4 is 4.74 Å². The second-order valence-electron chi connectivity index (χ2n) is 5.61. The largest absolute Gasteiger partial charge is 0.497 e. The van der Waals surface area contributed by atoms with Crippen LogP contribution in [0.2, 0.25) is 0 Å². The zero-order valence-corrected chi connectivity index (χ0v) is 13.1. The molecule has 116 valence electrons. The molecule has 1 saturated heterocycles. The molecule has 2 aromatic rings. The minimum Gasteiger partial charge on any atom is -0.497 e. The number of morpholine rings is 1. The number of ether oxygens (including phenoxy) is 2. The van der Waals surface area contributed by atoms with E-state index in [1.54, 1.807) is 7.11 Å². The first-order valence-electron chi connectivity index (χ1n) is 7.45. The van der Waals surface area contributed by atoms with Crippen molar-refractivity contribution in [1.29, 1.82) is 0 Å². The lowest BCUT2D eigenvalue weighted by Crippen LogP contribution is -2.44. The van der Waals surface area contributed by atoms with Gasteiger partial charge in [-0.15, -0.1) is 0 Å². The molecule has 1 amide bonds. The van der Waals surface area contributed by atoms with Gasteiger partial charge < -0.3 is 14.4 Å². The summed E-state index contributed by atoms with van der Waals surface area (Å²) in [6, 6.07) is 7.61. The van der Waals surface area contributed by atoms with E-state index < -0.39 is 0 Å². The highest BCUT2D eigenvalue weighted by Crippen LogP contribution is 2.23. The van der Waals surface area contributed by atoms with E-state index in [4.69, 9.17) is 9.47 Å². The van der Waals surface area contributed by atoms with Gasteiger partial charge in [-0.05, 0) is 32.0 Å². The summed E-state index contributed by atoms with van der Waals surface area (Å²) in [5, 5.41) is 0.941. The molecule has 1 aliphatic heterocycles. The molecule has 1 atom stereocenters. The molecule has 1 unspecified atom stereocenters. The molecular formula is C17H20N2O3. The van der Waals surface area contributed by atoms with Crippen molar-refractivity contribution >= 4 is 16.8 Å². The van der Waals surface area contributed by atoms with E-state index in [-0.39, 0.29) is 12.0 Å². The van der Waals surface area contributed by atoms with Gasteiger partial charge in [0.1, 0.15) is 5.75 Å². The van der Waals surface area contributed by atoms with E-state index in [9.17, 15) is 4.79 Å². The van der Waals surface area contributed by atoms with Crippen molar-refractivity contribution < 1.29 is 14.3 Å². The fraction of sp³-hybridized carbons (Fsp3) is 0.412. The molecule has 22 heavy (non-hydrogen) atoms. The van der Waals surface area contributed by atoms with Crippen LogP contribution in [0.15, 0.2) is 24.3 Å². The Hall–Kier alpha value is -2.14. The molecule has 0 bridgehead atoms. The summed E-state index contributed by atoms with van der Waals surface area (Å²) in [6.45, 7) is 5.69. The van der Waals surface area contributed by atoms with Crippen LogP contribution in [0.5, 0.6) is 5.75 Å². The Kier molecular flexibility index (Phi) is 3.98. The Labute approximate surface area is 129 Å². The van der Waals surface area contributed by atoms with Crippen molar-refractivity contribution in [2.24, 2.45) is 0 Å². The maximum Gasteiger partial charge on any atom is 0.255 e. The fourth-order valence-corrected chi connectivity index (χ4v) is 2.76. The second kappa shape index (κ2) is 5.93. The predicted octanol–water partition coefficient (Wildman–Crippen LogP) is 2.41. The number of nitrogens with zero attached hydrogens (tertiary/aromatic N) is 2. The molecule has 0 N–H and O–H groups in total. The average Bonchev–Trinajstić information content (AvgIpc) is 2.53. The highest BCUT2D eigenvalue weighted by Gasteiger charge is 2.24. The van der Waals surface area contributed by atoms with E-state index in [0.717, 1.165) is 22.3 Å². The fourth-order valence-electron chi connectivity index (χ4n) is 2.76. The maximum absolute atomic E-state index is 12.7. The van der Waals surface area contributed by atoms with Crippen LogP contribution in [-0.2, 0) is 4.74 Å². The lowest BCUT2D eigenvalue weighted by atomic mass is 10.1. The summed E-state index contributed by atoms with van der Waals surface area (Å²) >= 11 is 0. The quantitative estimate of drug-likeness (QED) is 0.854. The van der Waals surface area contributed by atoms with Gasteiger partial charge in [0.15, 0.2) is 0 Å². The van der Waals surface area contributed by atoms with Gasteiger partial charge in [-0.2, -0.15) is 0 Å². The number of amides is 1. The standard InChI is InChI=1S/C17H20N2O3/c1-11-10-19(6-7-22-11)17(20)15-8-13-4-5-14(21-3)9-16(13)18-12(15)2/h4-5,8-9,11H,6-7,10H2,1-3H3. The van der Waals surface area contributed by atoms with Gasteiger partial charge in [0.05, 0.1) is 36.6 Å². The van der Waals surface area contributed by atoms with E-state index in [1.807, 2.05) is 43.0 Å². The third kappa shape index (κ3) is 2.76. The maximum atomic E-state index is 12.7. The summed E-state index contributed by atoms with van der Waals surface area (Å²) < 4.78 is 10.7. The lowest BCUT2D eigenvalue weighted by Gasteiger charge is -2.31. The van der Waals surface area contributed by atoms with Crippen LogP contribution >= 0.6 is 0 Å². The van der Waals surface area contributed by atoms with Crippen molar-refractivity contribution in [2.45, 2.75) is 20.0 Å². The molecule has 1 aromatic carbocycles. The number of hydrogen-bond donors (Lipinski definition) is 0. The second-order valence-corrected chi connectivity index (χ2v) is 5.61. The molecule has 0 saturated carbocycles. The van der Waals surface area contributed by atoms with Crippen LogP contribution in [-0.4, -0.2) is 48.7 Å². The van der Waals surface area contributed by atoms with Crippen LogP contribution in [0, 0.1) is 6.92 Å². The minimum absolute atomic E-state index is 0.0258. The molecular weight excluding hydrogens is 280 g/mol. The smallest absolute Gasteiger partial charge is 0.255 e. The first kappa shape index (κ1) is 14.8. The van der Waals surface area contributed by atoms with E-state index >= 15 is 0 Å². The first-order chi connectivity index (χ1) is 10.6. The van der Waals surface area contributed by atoms with E-state index in [2.05, 4.69) is 4.98 Å². The van der Waals surface area contributed by atoms with Gasteiger partial charge in [0.25, 0.3) is 5.91 Å². The Morgan fingerprint density at radius 2 is 2.23 bits per heavy atom. The number of benzene rings is 1. The number of rotatable bonds is 2. The summed E-state index contributed by atoms with van der Waals surface area (Å²) in [5.74, 6) is 0.790. The van der Waals surface area contributed by atoms with Crippen molar-refractivity contribution in [3.63, 3.8) is 0 Å². The Balaban J connectivity index is 1.96. The number of hydrogen-bond acceptors (Lipinski definition) is 4. The highest BCUT2D eigenvalue weighted by atomic mass is 16.5. The van der Waals surface area contributed by atoms with Crippen molar-refractivity contribution in [3.05, 3.63) is 35.5 Å². The summed E-state index contributed by atoms with van der Waals surface area (Å²) in [4.78, 5) is 19.1. The van der Waals surface area contributed by atoms with Gasteiger partial charge in [0, 0.05) is 24.5 Å². The Morgan fingerprint density at radius 3 is 2.95 bits per heavy atom. The first-order valence-corrected chi connectivity index (χ1v) is 7.45. The molecule has 3 rings (SSSR count). The molecule has 0 aliphatic carbocycles. The summed E-state index contributed by atoms with van der Waals surface area (Å²) in [6.07, 6.45) is 0.0793. The summed E-state index contributed by atoms with van der Waals surface area (Å²) in [5.41, 5.74) is 2.24. The van der Waals surface area contributed by atoms with Crippen LogP contribution in [0.3, 0.4) is 0 Å². The third-order valence-electron chi connectivity index (χ3n) is 3.97. The van der Waals surface area contributed by atoms with E-state index in [0.29, 0.717) is 25.3 Å². The molecule has 1 aliphatic rings. The number of methoxy groups -OCH3 is 1. The van der Waals surface area contributed by atoms with Crippen LogP contribution in [0.25, 0.3) is 10.9 Å². The Morgan fingerprint density at radius 1 is 1.41 bits per heavy atom. The van der Waals surface area contributed by atoms with Gasteiger partial charge in [-0.1, -0.05) is 0 Å². The molecule has 5 heteroatoms. The number of carbonyl (C=O) groups is 1. The molecule has 1 fully saturated rings. The van der Waals surface area contributed by atoms with Gasteiger partial charge in [-0.25, -0.2) is 0 Å². The number of aromatic nitrogens is 1. The molecule has 0 radical (unpaired) electrons. The van der Waals surface area contributed by atoms with Crippen molar-refractivity contribution in [2.75, 3.05) is 26.8 Å². The highest BCUT2D eigenvalue weighted by molar-refractivity contribution is 5.98. The monoisotopic (exact) mass is 300 g/mol. The molecule has 0 spiro atoms. The van der Waals surface area contributed by atoms with Gasteiger partial charge in [0.2, 0.25) is 0 Å². The topological polar surface area (TPSA) is 51.7 Å². The number of fused-ring (bicyclic) bond motifs is 1. The molecule has 2 heterocycles. The Bertz CT molecular complexity index is 714. The lowest BCUT2D eigenvalue weighted by molar-refractivity contribution is -0.0124. The normalized spacial score (nSPS) is 18.5. The number of carbonyl (C=O) groups excluding carboxylic acids is 1. The number of aryl methyl sites for hydroxylation is 1. The minimum atomic E-state index is 0.0258. The predicted molar refractivity (Wildman–Crippen MR) is 84.3 cm³/mol.